The first-order chi connectivity index (χ1) is 15.3. The van der Waals surface area contributed by atoms with Crippen molar-refractivity contribution in [1.29, 1.82) is 5.26 Å². The summed E-state index contributed by atoms with van der Waals surface area (Å²) in [5.41, 5.74) is 5.64. The maximum Gasteiger partial charge on any atom is 0.248 e. The zero-order valence-corrected chi connectivity index (χ0v) is 17.9. The number of likely N-dealkylation sites (tertiary alicyclic amines) is 1. The van der Waals surface area contributed by atoms with Crippen LogP contribution in [0.1, 0.15) is 55.3 Å². The number of carbonyl (C=O) groups excluding carboxylic acids is 3. The predicted octanol–water partition coefficient (Wildman–Crippen LogP) is 1.87. The molecular formula is C23H28FN5O3. The molecule has 3 amide bonds. The second-order valence-electron chi connectivity index (χ2n) is 9.33. The van der Waals surface area contributed by atoms with Gasteiger partial charge in [0.15, 0.2) is 0 Å². The number of alkyl halides is 1. The third-order valence-corrected chi connectivity index (χ3v) is 7.49. The van der Waals surface area contributed by atoms with E-state index in [9.17, 15) is 18.8 Å². The summed E-state index contributed by atoms with van der Waals surface area (Å²) in [6.07, 6.45) is 3.43. The number of nitrogens with two attached hydrogens (primary N) is 1. The lowest BCUT2D eigenvalue weighted by molar-refractivity contribution is -0.135. The molecule has 0 aromatic heterocycles. The number of nitriles is 1. The van der Waals surface area contributed by atoms with E-state index in [1.165, 1.54) is 4.90 Å². The van der Waals surface area contributed by atoms with Gasteiger partial charge in [-0.15, -0.1) is 0 Å². The van der Waals surface area contributed by atoms with Gasteiger partial charge in [-0.05, 0) is 62.8 Å². The fourth-order valence-electron chi connectivity index (χ4n) is 5.32. The Balaban J connectivity index is 1.32. The van der Waals surface area contributed by atoms with Crippen molar-refractivity contribution in [2.45, 2.75) is 62.7 Å². The van der Waals surface area contributed by atoms with Crippen LogP contribution in [-0.4, -0.2) is 53.5 Å². The van der Waals surface area contributed by atoms with E-state index in [0.717, 1.165) is 38.5 Å². The lowest BCUT2D eigenvalue weighted by Crippen LogP contribution is -2.59. The maximum absolute atomic E-state index is 13.6. The molecule has 0 radical (unpaired) electrons. The Bertz CT molecular complexity index is 933. The van der Waals surface area contributed by atoms with E-state index in [2.05, 4.69) is 10.6 Å². The largest absolute Gasteiger partial charge is 0.366 e. The van der Waals surface area contributed by atoms with Crippen LogP contribution in [0.4, 0.5) is 10.1 Å². The van der Waals surface area contributed by atoms with Crippen LogP contribution in [0, 0.1) is 16.7 Å². The number of nitrogens with zero attached hydrogens (tertiary/aromatic N) is 2. The van der Waals surface area contributed by atoms with E-state index in [-0.39, 0.29) is 36.9 Å². The molecule has 4 N–H and O–H groups in total. The molecule has 32 heavy (non-hydrogen) atoms. The number of nitrogens with one attached hydrogen (secondary N) is 2. The molecule has 1 heterocycles. The van der Waals surface area contributed by atoms with Crippen molar-refractivity contribution in [3.8, 4) is 6.07 Å². The minimum absolute atomic E-state index is 0.0170. The number of rotatable bonds is 6. The number of halogens is 1. The van der Waals surface area contributed by atoms with Crippen LogP contribution in [0.2, 0.25) is 0 Å². The summed E-state index contributed by atoms with van der Waals surface area (Å²) in [6.45, 7) is 0.0613. The van der Waals surface area contributed by atoms with Gasteiger partial charge >= 0.3 is 0 Å². The molecule has 2 unspecified atom stereocenters. The van der Waals surface area contributed by atoms with Crippen molar-refractivity contribution >= 4 is 23.4 Å². The van der Waals surface area contributed by atoms with Gasteiger partial charge in [0.25, 0.3) is 0 Å². The first-order valence-electron chi connectivity index (χ1n) is 11.1. The van der Waals surface area contributed by atoms with Crippen molar-refractivity contribution in [2.24, 2.45) is 11.1 Å². The van der Waals surface area contributed by atoms with Crippen molar-refractivity contribution in [3.63, 3.8) is 0 Å². The van der Waals surface area contributed by atoms with E-state index >= 15 is 0 Å². The van der Waals surface area contributed by atoms with Crippen LogP contribution >= 0.6 is 0 Å². The van der Waals surface area contributed by atoms with Crippen LogP contribution in [0.15, 0.2) is 24.3 Å². The number of fused-ring (bicyclic) bond motifs is 3. The molecule has 3 saturated carbocycles. The van der Waals surface area contributed by atoms with Gasteiger partial charge in [0.1, 0.15) is 12.2 Å². The lowest BCUT2D eigenvalue weighted by atomic mass is 9.57. The van der Waals surface area contributed by atoms with E-state index in [4.69, 9.17) is 11.0 Å². The molecule has 4 aliphatic rings. The Morgan fingerprint density at radius 3 is 2.31 bits per heavy atom. The number of carbonyl (C=O) groups is 3. The molecule has 3 aliphatic carbocycles. The van der Waals surface area contributed by atoms with Crippen molar-refractivity contribution in [1.82, 2.24) is 10.2 Å². The van der Waals surface area contributed by atoms with Crippen molar-refractivity contribution < 1.29 is 18.8 Å². The quantitative estimate of drug-likeness (QED) is 0.621. The molecule has 8 nitrogen and oxygen atoms in total. The zero-order valence-electron chi connectivity index (χ0n) is 17.9. The summed E-state index contributed by atoms with van der Waals surface area (Å²) < 4.78 is 13.6. The molecule has 9 heteroatoms. The van der Waals surface area contributed by atoms with Crippen molar-refractivity contribution in [2.75, 3.05) is 18.4 Å². The number of anilines is 1. The average Bonchev–Trinajstić information content (AvgIpc) is 3.20. The highest BCUT2D eigenvalue weighted by Gasteiger charge is 2.52. The van der Waals surface area contributed by atoms with Crippen LogP contribution in [0.5, 0.6) is 0 Å². The molecular weight excluding hydrogens is 413 g/mol. The Morgan fingerprint density at radius 2 is 1.75 bits per heavy atom. The van der Waals surface area contributed by atoms with Gasteiger partial charge < -0.3 is 21.3 Å². The summed E-state index contributed by atoms with van der Waals surface area (Å²) in [5, 5.41) is 15.5. The van der Waals surface area contributed by atoms with Crippen LogP contribution in [0.3, 0.4) is 0 Å². The van der Waals surface area contributed by atoms with Crippen LogP contribution in [0.25, 0.3) is 0 Å². The minimum atomic E-state index is -1.14. The Morgan fingerprint density at radius 1 is 1.12 bits per heavy atom. The van der Waals surface area contributed by atoms with E-state index in [1.807, 2.05) is 6.07 Å². The summed E-state index contributed by atoms with van der Waals surface area (Å²) in [7, 11) is 0. The minimum Gasteiger partial charge on any atom is -0.366 e. The first kappa shape index (κ1) is 22.2. The van der Waals surface area contributed by atoms with Crippen LogP contribution < -0.4 is 16.4 Å². The molecule has 170 valence electrons. The summed E-state index contributed by atoms with van der Waals surface area (Å²) in [6, 6.07) is 7.84. The van der Waals surface area contributed by atoms with Gasteiger partial charge in [-0.1, -0.05) is 0 Å². The van der Waals surface area contributed by atoms with E-state index in [0.29, 0.717) is 11.3 Å². The topological polar surface area (TPSA) is 128 Å². The zero-order chi connectivity index (χ0) is 22.9. The number of primary amides is 1. The monoisotopic (exact) mass is 441 g/mol. The standard InChI is InChI=1S/C23H28FN5O3/c24-16-11-18(12-25)29(14-16)19(30)13-27-23-8-5-22(6-9-23,7-10-23)21(32)28-17-3-1-15(2-4-17)20(26)31/h1-4,16,18,27H,5-11,13-14H2,(H2,26,31)(H,28,32). The molecule has 1 aliphatic heterocycles. The lowest BCUT2D eigenvalue weighted by Gasteiger charge is -2.52. The highest BCUT2D eigenvalue weighted by molar-refractivity contribution is 5.97. The third kappa shape index (κ3) is 4.19. The molecule has 2 atom stereocenters. The summed E-state index contributed by atoms with van der Waals surface area (Å²) in [4.78, 5) is 38.2. The highest BCUT2D eigenvalue weighted by Crippen LogP contribution is 2.52. The second-order valence-corrected chi connectivity index (χ2v) is 9.33. The molecule has 2 bridgehead atoms. The molecule has 1 saturated heterocycles. The fraction of sp³-hybridized carbons (Fsp3) is 0.565. The number of benzene rings is 1. The van der Waals surface area contributed by atoms with Gasteiger partial charge in [0, 0.05) is 28.6 Å². The molecule has 5 rings (SSSR count). The van der Waals surface area contributed by atoms with Gasteiger partial charge in [-0.3, -0.25) is 14.4 Å². The molecule has 1 aromatic rings. The van der Waals surface area contributed by atoms with Crippen LogP contribution in [-0.2, 0) is 9.59 Å². The third-order valence-electron chi connectivity index (χ3n) is 7.49. The van der Waals surface area contributed by atoms with Gasteiger partial charge in [-0.2, -0.15) is 5.26 Å². The summed E-state index contributed by atoms with van der Waals surface area (Å²) in [5.74, 6) is -0.775. The number of hydrogen-bond acceptors (Lipinski definition) is 5. The van der Waals surface area contributed by atoms with Gasteiger partial charge in [0.2, 0.25) is 17.7 Å². The smallest absolute Gasteiger partial charge is 0.248 e. The van der Waals surface area contributed by atoms with Crippen molar-refractivity contribution in [3.05, 3.63) is 29.8 Å². The molecule has 0 spiro atoms. The maximum atomic E-state index is 13.6. The first-order valence-corrected chi connectivity index (χ1v) is 11.1. The normalized spacial score (nSPS) is 31.2. The highest BCUT2D eigenvalue weighted by atomic mass is 19.1. The predicted molar refractivity (Wildman–Crippen MR) is 115 cm³/mol. The second kappa shape index (κ2) is 8.51. The Kier molecular flexibility index (Phi) is 5.91. The van der Waals surface area contributed by atoms with Gasteiger partial charge in [-0.25, -0.2) is 4.39 Å². The summed E-state index contributed by atoms with van der Waals surface area (Å²) >= 11 is 0. The van der Waals surface area contributed by atoms with E-state index in [1.54, 1.807) is 24.3 Å². The molecule has 4 fully saturated rings. The number of amides is 3. The molecule has 1 aromatic carbocycles. The fourth-order valence-corrected chi connectivity index (χ4v) is 5.32. The average molecular weight is 442 g/mol. The van der Waals surface area contributed by atoms with Gasteiger partial charge in [0.05, 0.1) is 19.2 Å². The Hall–Kier alpha value is -2.99. The van der Waals surface area contributed by atoms with E-state index < -0.39 is 23.5 Å². The SMILES string of the molecule is N#CC1CC(F)CN1C(=O)CNC12CCC(C(=O)Nc3ccc(C(N)=O)cc3)(CC1)CC2. The Labute approximate surface area is 186 Å². The number of hydrogen-bond donors (Lipinski definition) is 3.